The maximum absolute atomic E-state index is 13.7. The Kier molecular flexibility index (Phi) is 5.23. The lowest BCUT2D eigenvalue weighted by Crippen LogP contribution is -2.53. The highest BCUT2D eigenvalue weighted by molar-refractivity contribution is 5.94. The number of aromatic nitrogens is 1. The third kappa shape index (κ3) is 3.93. The molecule has 1 aromatic heterocycles. The smallest absolute Gasteiger partial charge is 0.241 e. The molecule has 132 valence electrons. The highest BCUT2D eigenvalue weighted by Crippen LogP contribution is 2.19. The molecule has 7 heteroatoms. The van der Waals surface area contributed by atoms with E-state index in [0.717, 1.165) is 31.0 Å². The monoisotopic (exact) mass is 346 g/mol. The van der Waals surface area contributed by atoms with Crippen LogP contribution in [0.15, 0.2) is 42.6 Å². The minimum atomic E-state index is -0.777. The Morgan fingerprint density at radius 1 is 1.08 bits per heavy atom. The van der Waals surface area contributed by atoms with Crippen LogP contribution in [0.3, 0.4) is 0 Å². The molecule has 0 radical (unpaired) electrons. The second kappa shape index (κ2) is 7.57. The fourth-order valence-corrected chi connectivity index (χ4v) is 2.89. The van der Waals surface area contributed by atoms with E-state index in [0.29, 0.717) is 13.1 Å². The van der Waals surface area contributed by atoms with E-state index >= 15 is 0 Å². The third-order valence-corrected chi connectivity index (χ3v) is 4.43. The fourth-order valence-electron chi connectivity index (χ4n) is 2.89. The Morgan fingerprint density at radius 3 is 2.36 bits per heavy atom. The summed E-state index contributed by atoms with van der Waals surface area (Å²) in [4.78, 5) is 20.8. The van der Waals surface area contributed by atoms with Crippen molar-refractivity contribution in [3.05, 3.63) is 54.2 Å². The molecule has 1 N–H and O–H groups in total. The molecule has 5 nitrogen and oxygen atoms in total. The van der Waals surface area contributed by atoms with Crippen LogP contribution in [0.1, 0.15) is 6.92 Å². The normalized spacial score (nSPS) is 16.5. The third-order valence-electron chi connectivity index (χ3n) is 4.43. The Bertz CT molecular complexity index is 713. The van der Waals surface area contributed by atoms with Gasteiger partial charge in [0, 0.05) is 32.4 Å². The minimum absolute atomic E-state index is 0.397. The number of pyridine rings is 1. The van der Waals surface area contributed by atoms with E-state index in [1.807, 2.05) is 23.1 Å². The average molecular weight is 346 g/mol. The van der Waals surface area contributed by atoms with Gasteiger partial charge in [0.05, 0.1) is 6.04 Å². The van der Waals surface area contributed by atoms with E-state index in [9.17, 15) is 13.6 Å². The van der Waals surface area contributed by atoms with Crippen molar-refractivity contribution in [2.24, 2.45) is 0 Å². The Morgan fingerprint density at radius 2 is 1.76 bits per heavy atom. The number of carbonyl (C=O) groups excluding carboxylic acids is 1. The number of halogens is 2. The molecule has 1 fully saturated rings. The SMILES string of the molecule is C[C@@H](C(=O)Nc1c(F)cccc1F)N1CCN(c2ccccn2)CC1. The lowest BCUT2D eigenvalue weighted by Gasteiger charge is -2.37. The van der Waals surface area contributed by atoms with E-state index in [1.54, 1.807) is 13.1 Å². The van der Waals surface area contributed by atoms with Gasteiger partial charge in [-0.1, -0.05) is 12.1 Å². The molecular formula is C18H20F2N4O. The van der Waals surface area contributed by atoms with Crippen LogP contribution in [0.2, 0.25) is 0 Å². The number of amides is 1. The van der Waals surface area contributed by atoms with E-state index in [1.165, 1.54) is 6.07 Å². The Labute approximate surface area is 145 Å². The van der Waals surface area contributed by atoms with Gasteiger partial charge < -0.3 is 10.2 Å². The molecule has 0 spiro atoms. The first-order valence-corrected chi connectivity index (χ1v) is 8.21. The second-order valence-electron chi connectivity index (χ2n) is 5.97. The molecule has 1 amide bonds. The highest BCUT2D eigenvalue weighted by atomic mass is 19.1. The van der Waals surface area contributed by atoms with Gasteiger partial charge in [-0.25, -0.2) is 13.8 Å². The maximum atomic E-state index is 13.7. The number of anilines is 2. The molecule has 1 aromatic carbocycles. The number of hydrogen-bond donors (Lipinski definition) is 1. The van der Waals surface area contributed by atoms with Crippen LogP contribution in [-0.4, -0.2) is 48.0 Å². The van der Waals surface area contributed by atoms with Crippen molar-refractivity contribution in [1.29, 1.82) is 0 Å². The van der Waals surface area contributed by atoms with Crippen LogP contribution in [0.5, 0.6) is 0 Å². The number of rotatable bonds is 4. The first kappa shape index (κ1) is 17.3. The molecule has 0 aliphatic carbocycles. The van der Waals surface area contributed by atoms with Crippen LogP contribution in [0.4, 0.5) is 20.3 Å². The topological polar surface area (TPSA) is 48.5 Å². The molecule has 0 bridgehead atoms. The lowest BCUT2D eigenvalue weighted by atomic mass is 10.2. The maximum Gasteiger partial charge on any atom is 0.241 e. The van der Waals surface area contributed by atoms with Crippen LogP contribution < -0.4 is 10.2 Å². The highest BCUT2D eigenvalue weighted by Gasteiger charge is 2.27. The van der Waals surface area contributed by atoms with Crippen molar-refractivity contribution < 1.29 is 13.6 Å². The predicted octanol–water partition coefficient (Wildman–Crippen LogP) is 2.51. The van der Waals surface area contributed by atoms with Crippen molar-refractivity contribution in [2.45, 2.75) is 13.0 Å². The van der Waals surface area contributed by atoms with Crippen molar-refractivity contribution in [3.8, 4) is 0 Å². The predicted molar refractivity (Wildman–Crippen MR) is 92.5 cm³/mol. The summed E-state index contributed by atoms with van der Waals surface area (Å²) in [5.74, 6) is -1.07. The van der Waals surface area contributed by atoms with Crippen LogP contribution in [0, 0.1) is 11.6 Å². The molecule has 0 saturated carbocycles. The lowest BCUT2D eigenvalue weighted by molar-refractivity contribution is -0.120. The van der Waals surface area contributed by atoms with Crippen LogP contribution >= 0.6 is 0 Å². The van der Waals surface area contributed by atoms with Gasteiger partial charge in [-0.15, -0.1) is 0 Å². The first-order valence-electron chi connectivity index (χ1n) is 8.21. The zero-order valence-corrected chi connectivity index (χ0v) is 14.0. The van der Waals surface area contributed by atoms with Gasteiger partial charge in [0.1, 0.15) is 23.1 Å². The summed E-state index contributed by atoms with van der Waals surface area (Å²) in [6.45, 7) is 4.56. The summed E-state index contributed by atoms with van der Waals surface area (Å²) in [5.41, 5.74) is -0.397. The van der Waals surface area contributed by atoms with Crippen molar-refractivity contribution in [2.75, 3.05) is 36.4 Å². The van der Waals surface area contributed by atoms with E-state index < -0.39 is 29.3 Å². The molecule has 2 aromatic rings. The van der Waals surface area contributed by atoms with Crippen LogP contribution in [0.25, 0.3) is 0 Å². The largest absolute Gasteiger partial charge is 0.354 e. The van der Waals surface area contributed by atoms with Gasteiger partial charge in [0.2, 0.25) is 5.91 Å². The fraction of sp³-hybridized carbons (Fsp3) is 0.333. The number of para-hydroxylation sites is 1. The van der Waals surface area contributed by atoms with Gasteiger partial charge in [0.25, 0.3) is 0 Å². The molecule has 3 rings (SSSR count). The van der Waals surface area contributed by atoms with Gasteiger partial charge in [-0.2, -0.15) is 0 Å². The standard InChI is InChI=1S/C18H20F2N4O/c1-13(18(25)22-17-14(19)5-4-6-15(17)20)23-9-11-24(12-10-23)16-7-2-3-8-21-16/h2-8,13H,9-12H2,1H3,(H,22,25)/t13-/m0/s1. The number of piperazine rings is 1. The molecule has 1 aliphatic heterocycles. The molecule has 0 unspecified atom stereocenters. The number of hydrogen-bond acceptors (Lipinski definition) is 4. The molecular weight excluding hydrogens is 326 g/mol. The molecule has 1 saturated heterocycles. The van der Waals surface area contributed by atoms with Crippen molar-refractivity contribution >= 4 is 17.4 Å². The number of nitrogens with zero attached hydrogens (tertiary/aromatic N) is 3. The number of benzene rings is 1. The van der Waals surface area contributed by atoms with E-state index in [4.69, 9.17) is 0 Å². The number of nitrogens with one attached hydrogen (secondary N) is 1. The van der Waals surface area contributed by atoms with Gasteiger partial charge >= 0.3 is 0 Å². The van der Waals surface area contributed by atoms with Gasteiger partial charge in [-0.05, 0) is 31.2 Å². The molecule has 2 heterocycles. The van der Waals surface area contributed by atoms with Crippen molar-refractivity contribution in [3.63, 3.8) is 0 Å². The molecule has 1 atom stereocenters. The molecule has 25 heavy (non-hydrogen) atoms. The van der Waals surface area contributed by atoms with E-state index in [-0.39, 0.29) is 0 Å². The summed E-state index contributed by atoms with van der Waals surface area (Å²) in [7, 11) is 0. The van der Waals surface area contributed by atoms with Crippen LogP contribution in [-0.2, 0) is 4.79 Å². The zero-order valence-electron chi connectivity index (χ0n) is 14.0. The summed E-state index contributed by atoms with van der Waals surface area (Å²) in [6.07, 6.45) is 1.75. The zero-order chi connectivity index (χ0) is 17.8. The second-order valence-corrected chi connectivity index (χ2v) is 5.97. The number of carbonyl (C=O) groups is 1. The van der Waals surface area contributed by atoms with E-state index in [2.05, 4.69) is 15.2 Å². The quantitative estimate of drug-likeness (QED) is 0.924. The summed E-state index contributed by atoms with van der Waals surface area (Å²) < 4.78 is 27.3. The summed E-state index contributed by atoms with van der Waals surface area (Å²) in [6, 6.07) is 8.78. The Hall–Kier alpha value is -2.54. The van der Waals surface area contributed by atoms with Gasteiger partial charge in [0.15, 0.2) is 0 Å². The van der Waals surface area contributed by atoms with Crippen molar-refractivity contribution in [1.82, 2.24) is 9.88 Å². The first-order chi connectivity index (χ1) is 12.1. The summed E-state index contributed by atoms with van der Waals surface area (Å²) in [5, 5.41) is 2.36. The average Bonchev–Trinajstić information content (AvgIpc) is 2.65. The Balaban J connectivity index is 1.59. The molecule has 1 aliphatic rings. The minimum Gasteiger partial charge on any atom is -0.354 e. The summed E-state index contributed by atoms with van der Waals surface area (Å²) >= 11 is 0. The van der Waals surface area contributed by atoms with Gasteiger partial charge in [-0.3, -0.25) is 9.69 Å².